The van der Waals surface area contributed by atoms with Crippen molar-refractivity contribution in [2.24, 2.45) is 0 Å². The molecule has 0 unspecified atom stereocenters. The summed E-state index contributed by atoms with van der Waals surface area (Å²) in [5.41, 5.74) is 1.32. The minimum Gasteiger partial charge on any atom is -0.310 e. The van der Waals surface area contributed by atoms with Crippen molar-refractivity contribution in [1.29, 1.82) is 0 Å². The largest absolute Gasteiger partial charge is 0.310 e. The highest BCUT2D eigenvalue weighted by molar-refractivity contribution is 7.13. The highest BCUT2D eigenvalue weighted by Crippen LogP contribution is 2.18. The Kier molecular flexibility index (Phi) is 2.17. The molecule has 2 aromatic heterocycles. The minimum absolute atomic E-state index is 0.133. The number of hydrogen-bond donors (Lipinski definition) is 1. The van der Waals surface area contributed by atoms with Gasteiger partial charge in [-0.2, -0.15) is 0 Å². The molecule has 0 amide bonds. The lowest BCUT2D eigenvalue weighted by Crippen LogP contribution is -2.11. The van der Waals surface area contributed by atoms with E-state index >= 15 is 0 Å². The van der Waals surface area contributed by atoms with Crippen LogP contribution in [0, 0.1) is 13.8 Å². The highest BCUT2D eigenvalue weighted by Gasteiger charge is 2.07. The number of aromatic amines is 1. The van der Waals surface area contributed by atoms with Crippen LogP contribution in [0.4, 0.5) is 0 Å². The molecule has 0 aromatic carbocycles. The number of thiazole rings is 1. The monoisotopic (exact) mass is 207 g/mol. The summed E-state index contributed by atoms with van der Waals surface area (Å²) in [6.07, 6.45) is 1.56. The maximum Gasteiger partial charge on any atom is 0.261 e. The SMILES string of the molecule is Cc1csc(-c2cnc(C)[nH]c2=O)n1. The van der Waals surface area contributed by atoms with E-state index in [-0.39, 0.29) is 5.56 Å². The summed E-state index contributed by atoms with van der Waals surface area (Å²) in [4.78, 5) is 22.4. The van der Waals surface area contributed by atoms with Gasteiger partial charge in [-0.15, -0.1) is 11.3 Å². The Morgan fingerprint density at radius 1 is 1.43 bits per heavy atom. The molecule has 0 saturated carbocycles. The molecule has 0 aliphatic rings. The highest BCUT2D eigenvalue weighted by atomic mass is 32.1. The van der Waals surface area contributed by atoms with Crippen LogP contribution in [0.2, 0.25) is 0 Å². The summed E-state index contributed by atoms with van der Waals surface area (Å²) >= 11 is 1.45. The molecular weight excluding hydrogens is 198 g/mol. The minimum atomic E-state index is -0.133. The van der Waals surface area contributed by atoms with E-state index in [1.54, 1.807) is 13.1 Å². The summed E-state index contributed by atoms with van der Waals surface area (Å²) in [7, 11) is 0. The molecule has 0 fully saturated rings. The van der Waals surface area contributed by atoms with Gasteiger partial charge in [-0.25, -0.2) is 9.97 Å². The average molecular weight is 207 g/mol. The van der Waals surface area contributed by atoms with Crippen molar-refractivity contribution in [1.82, 2.24) is 15.0 Å². The first-order valence-electron chi connectivity index (χ1n) is 4.15. The molecule has 2 heterocycles. The molecule has 0 radical (unpaired) electrons. The average Bonchev–Trinajstić information content (AvgIpc) is 2.51. The Labute approximate surface area is 84.7 Å². The van der Waals surface area contributed by atoms with Gasteiger partial charge in [0.1, 0.15) is 10.8 Å². The maximum atomic E-state index is 11.5. The van der Waals surface area contributed by atoms with E-state index in [1.807, 2.05) is 12.3 Å². The molecular formula is C9H9N3OS. The van der Waals surface area contributed by atoms with Crippen molar-refractivity contribution >= 4 is 11.3 Å². The van der Waals surface area contributed by atoms with Gasteiger partial charge in [0.2, 0.25) is 0 Å². The third-order valence-corrected chi connectivity index (χ3v) is 2.77. The number of aromatic nitrogens is 3. The number of hydrogen-bond acceptors (Lipinski definition) is 4. The van der Waals surface area contributed by atoms with Gasteiger partial charge in [-0.3, -0.25) is 4.79 Å². The van der Waals surface area contributed by atoms with Crippen molar-refractivity contribution in [2.75, 3.05) is 0 Å². The van der Waals surface area contributed by atoms with E-state index in [2.05, 4.69) is 15.0 Å². The van der Waals surface area contributed by atoms with Crippen LogP contribution in [0.25, 0.3) is 10.6 Å². The molecule has 1 N–H and O–H groups in total. The van der Waals surface area contributed by atoms with E-state index < -0.39 is 0 Å². The van der Waals surface area contributed by atoms with E-state index in [0.29, 0.717) is 11.4 Å². The number of rotatable bonds is 1. The third-order valence-electron chi connectivity index (χ3n) is 1.78. The second kappa shape index (κ2) is 3.34. The summed E-state index contributed by atoms with van der Waals surface area (Å²) < 4.78 is 0. The van der Waals surface area contributed by atoms with Crippen molar-refractivity contribution in [3.8, 4) is 10.6 Å². The first-order valence-corrected chi connectivity index (χ1v) is 5.03. The number of nitrogens with zero attached hydrogens (tertiary/aromatic N) is 2. The molecule has 2 rings (SSSR count). The fourth-order valence-electron chi connectivity index (χ4n) is 1.11. The van der Waals surface area contributed by atoms with Crippen LogP contribution in [0.5, 0.6) is 0 Å². The Hall–Kier alpha value is -1.49. The van der Waals surface area contributed by atoms with Gasteiger partial charge in [0.25, 0.3) is 5.56 Å². The second-order valence-corrected chi connectivity index (χ2v) is 3.86. The van der Waals surface area contributed by atoms with E-state index in [4.69, 9.17) is 0 Å². The van der Waals surface area contributed by atoms with Crippen LogP contribution in [0.1, 0.15) is 11.5 Å². The predicted octanol–water partition coefficient (Wildman–Crippen LogP) is 1.51. The molecule has 0 aliphatic carbocycles. The van der Waals surface area contributed by atoms with Gasteiger partial charge in [0.05, 0.1) is 5.56 Å². The van der Waals surface area contributed by atoms with Gasteiger partial charge in [0, 0.05) is 17.3 Å². The molecule has 14 heavy (non-hydrogen) atoms. The Balaban J connectivity index is 2.57. The van der Waals surface area contributed by atoms with Crippen molar-refractivity contribution in [3.05, 3.63) is 33.4 Å². The summed E-state index contributed by atoms with van der Waals surface area (Å²) in [5, 5.41) is 2.63. The fourth-order valence-corrected chi connectivity index (χ4v) is 1.92. The van der Waals surface area contributed by atoms with Gasteiger partial charge >= 0.3 is 0 Å². The van der Waals surface area contributed by atoms with Crippen LogP contribution in [-0.4, -0.2) is 15.0 Å². The molecule has 2 aromatic rings. The Morgan fingerprint density at radius 2 is 2.21 bits per heavy atom. The van der Waals surface area contributed by atoms with Crippen LogP contribution < -0.4 is 5.56 Å². The van der Waals surface area contributed by atoms with Gasteiger partial charge in [-0.05, 0) is 13.8 Å². The Bertz CT molecular complexity index is 515. The first-order chi connectivity index (χ1) is 6.66. The zero-order chi connectivity index (χ0) is 10.1. The van der Waals surface area contributed by atoms with E-state index in [9.17, 15) is 4.79 Å². The van der Waals surface area contributed by atoms with Crippen molar-refractivity contribution in [3.63, 3.8) is 0 Å². The lowest BCUT2D eigenvalue weighted by atomic mass is 10.3. The predicted molar refractivity (Wildman–Crippen MR) is 55.4 cm³/mol. The number of nitrogens with one attached hydrogen (secondary N) is 1. The van der Waals surface area contributed by atoms with Crippen LogP contribution in [0.15, 0.2) is 16.4 Å². The topological polar surface area (TPSA) is 58.6 Å². The fraction of sp³-hybridized carbons (Fsp3) is 0.222. The van der Waals surface area contributed by atoms with E-state index in [0.717, 1.165) is 10.7 Å². The molecule has 0 aliphatic heterocycles. The van der Waals surface area contributed by atoms with Crippen LogP contribution in [-0.2, 0) is 0 Å². The van der Waals surface area contributed by atoms with Crippen LogP contribution >= 0.6 is 11.3 Å². The quantitative estimate of drug-likeness (QED) is 0.771. The maximum absolute atomic E-state index is 11.5. The van der Waals surface area contributed by atoms with Gasteiger partial charge in [-0.1, -0.05) is 0 Å². The van der Waals surface area contributed by atoms with Gasteiger partial charge < -0.3 is 4.98 Å². The smallest absolute Gasteiger partial charge is 0.261 e. The zero-order valence-corrected chi connectivity index (χ0v) is 8.68. The van der Waals surface area contributed by atoms with Crippen molar-refractivity contribution in [2.45, 2.75) is 13.8 Å². The molecule has 4 nitrogen and oxygen atoms in total. The van der Waals surface area contributed by atoms with Crippen LogP contribution in [0.3, 0.4) is 0 Å². The standard InChI is InChI=1S/C9H9N3OS/c1-5-4-14-9(11-5)7-3-10-6(2)12-8(7)13/h3-4H,1-2H3,(H,10,12,13). The molecule has 0 spiro atoms. The summed E-state index contributed by atoms with van der Waals surface area (Å²) in [6, 6.07) is 0. The third kappa shape index (κ3) is 1.58. The number of H-pyrrole nitrogens is 1. The molecule has 0 bridgehead atoms. The first kappa shape index (κ1) is 9.08. The zero-order valence-electron chi connectivity index (χ0n) is 7.87. The molecule has 0 atom stereocenters. The molecule has 72 valence electrons. The van der Waals surface area contributed by atoms with Crippen molar-refractivity contribution < 1.29 is 0 Å². The normalized spacial score (nSPS) is 10.4. The lowest BCUT2D eigenvalue weighted by Gasteiger charge is -1.95. The lowest BCUT2D eigenvalue weighted by molar-refractivity contribution is 1.02. The Morgan fingerprint density at radius 3 is 2.79 bits per heavy atom. The van der Waals surface area contributed by atoms with Gasteiger partial charge in [0.15, 0.2) is 0 Å². The summed E-state index contributed by atoms with van der Waals surface area (Å²) in [5.74, 6) is 0.618. The molecule has 5 heteroatoms. The summed E-state index contributed by atoms with van der Waals surface area (Å²) in [6.45, 7) is 3.65. The van der Waals surface area contributed by atoms with E-state index in [1.165, 1.54) is 11.3 Å². The number of aryl methyl sites for hydroxylation is 2. The second-order valence-electron chi connectivity index (χ2n) is 3.01. The molecule has 0 saturated heterocycles.